The Morgan fingerprint density at radius 2 is 2.08 bits per heavy atom. The quantitative estimate of drug-likeness (QED) is 0.837. The van der Waals surface area contributed by atoms with Gasteiger partial charge in [0.1, 0.15) is 6.04 Å². The molecule has 2 aromatic rings. The molecule has 6 nitrogen and oxygen atoms in total. The summed E-state index contributed by atoms with van der Waals surface area (Å²) in [5.74, 6) is -0.707. The van der Waals surface area contributed by atoms with Crippen molar-refractivity contribution in [1.29, 1.82) is 0 Å². The van der Waals surface area contributed by atoms with Crippen molar-refractivity contribution in [1.82, 2.24) is 15.2 Å². The molecule has 7 heteroatoms. The second kappa shape index (κ2) is 5.98. The molecule has 3 amide bonds. The largest absolute Gasteiger partial charge is 0.327 e. The third-order valence-electron chi connectivity index (χ3n) is 4.40. The number of nitrogens with zero attached hydrogens (tertiary/aromatic N) is 2. The molecule has 1 N–H and O–H groups in total. The smallest absolute Gasteiger partial charge is 0.249 e. The minimum atomic E-state index is -0.632. The lowest BCUT2D eigenvalue weighted by atomic mass is 10.1. The number of nitrogens with one attached hydrogen (secondary N) is 1. The minimum absolute atomic E-state index is 0.0633. The van der Waals surface area contributed by atoms with Gasteiger partial charge in [0.2, 0.25) is 17.7 Å². The standard InChI is InChI=1S/C17H17N3O3S/c21-14-9-12(17(23)19-14)20(10-5-6-10)16(22)8-7-15-18-11-3-1-2-4-13(11)24-15/h1-4,10,12H,5-9H2,(H,19,21,23)/t12-/m1/s1. The highest BCUT2D eigenvalue weighted by atomic mass is 32.1. The Morgan fingerprint density at radius 1 is 1.29 bits per heavy atom. The SMILES string of the molecule is O=C1C[C@@H](N(C(=O)CCc2nc3ccccc3s2)C2CC2)C(=O)N1. The molecule has 0 spiro atoms. The molecular weight excluding hydrogens is 326 g/mol. The number of hydrogen-bond donors (Lipinski definition) is 1. The third-order valence-corrected chi connectivity index (χ3v) is 5.50. The van der Waals surface area contributed by atoms with Gasteiger partial charge in [-0.3, -0.25) is 19.7 Å². The summed E-state index contributed by atoms with van der Waals surface area (Å²) in [5.41, 5.74) is 0.949. The van der Waals surface area contributed by atoms with Crippen molar-refractivity contribution < 1.29 is 14.4 Å². The lowest BCUT2D eigenvalue weighted by molar-refractivity contribution is -0.139. The Hall–Kier alpha value is -2.28. The molecule has 0 bridgehead atoms. The van der Waals surface area contributed by atoms with Gasteiger partial charge in [-0.05, 0) is 25.0 Å². The number of amides is 3. The van der Waals surface area contributed by atoms with Gasteiger partial charge in [0.25, 0.3) is 0 Å². The van der Waals surface area contributed by atoms with E-state index >= 15 is 0 Å². The summed E-state index contributed by atoms with van der Waals surface area (Å²) in [6.07, 6.45) is 2.77. The summed E-state index contributed by atoms with van der Waals surface area (Å²) in [6.45, 7) is 0. The predicted molar refractivity (Wildman–Crippen MR) is 89.4 cm³/mol. The third kappa shape index (κ3) is 2.91. The molecule has 0 unspecified atom stereocenters. The fraction of sp³-hybridized carbons (Fsp3) is 0.412. The second-order valence-corrected chi connectivity index (χ2v) is 7.36. The van der Waals surface area contributed by atoms with Crippen molar-refractivity contribution in [2.75, 3.05) is 0 Å². The maximum atomic E-state index is 12.7. The van der Waals surface area contributed by atoms with Crippen molar-refractivity contribution >= 4 is 39.3 Å². The number of para-hydroxylation sites is 1. The monoisotopic (exact) mass is 343 g/mol. The van der Waals surface area contributed by atoms with Crippen molar-refractivity contribution in [2.45, 2.75) is 44.2 Å². The van der Waals surface area contributed by atoms with E-state index in [0.717, 1.165) is 28.1 Å². The number of carbonyl (C=O) groups excluding carboxylic acids is 3. The van der Waals surface area contributed by atoms with Crippen LogP contribution in [0.2, 0.25) is 0 Å². The molecule has 24 heavy (non-hydrogen) atoms. The van der Waals surface area contributed by atoms with E-state index in [9.17, 15) is 14.4 Å². The zero-order valence-electron chi connectivity index (χ0n) is 13.0. The second-order valence-electron chi connectivity index (χ2n) is 6.24. The predicted octanol–water partition coefficient (Wildman–Crippen LogP) is 1.64. The number of hydrogen-bond acceptors (Lipinski definition) is 5. The van der Waals surface area contributed by atoms with Crippen LogP contribution in [0.3, 0.4) is 0 Å². The Bertz CT molecular complexity index is 794. The van der Waals surface area contributed by atoms with E-state index in [-0.39, 0.29) is 30.2 Å². The van der Waals surface area contributed by atoms with E-state index in [1.54, 1.807) is 16.2 Å². The number of imide groups is 1. The normalized spacial score (nSPS) is 20.4. The van der Waals surface area contributed by atoms with Gasteiger partial charge >= 0.3 is 0 Å². The molecule has 124 valence electrons. The van der Waals surface area contributed by atoms with E-state index < -0.39 is 6.04 Å². The molecule has 4 rings (SSSR count). The molecule has 1 aliphatic heterocycles. The lowest BCUT2D eigenvalue weighted by Crippen LogP contribution is -2.46. The van der Waals surface area contributed by atoms with Crippen LogP contribution in [-0.4, -0.2) is 39.7 Å². The summed E-state index contributed by atoms with van der Waals surface area (Å²) in [5, 5.41) is 3.22. The van der Waals surface area contributed by atoms with E-state index in [4.69, 9.17) is 0 Å². The summed E-state index contributed by atoms with van der Waals surface area (Å²) in [6, 6.07) is 7.37. The van der Waals surface area contributed by atoms with Crippen molar-refractivity contribution in [3.8, 4) is 0 Å². The van der Waals surface area contributed by atoms with Crippen molar-refractivity contribution in [2.24, 2.45) is 0 Å². The van der Waals surface area contributed by atoms with Crippen LogP contribution in [0, 0.1) is 0 Å². The molecule has 2 fully saturated rings. The van der Waals surface area contributed by atoms with E-state index in [1.165, 1.54) is 0 Å². The molecule has 2 heterocycles. The van der Waals surface area contributed by atoms with Crippen LogP contribution in [0.4, 0.5) is 0 Å². The summed E-state index contributed by atoms with van der Waals surface area (Å²) in [7, 11) is 0. The number of carbonyl (C=O) groups is 3. The van der Waals surface area contributed by atoms with Gasteiger partial charge in [-0.25, -0.2) is 4.98 Å². The lowest BCUT2D eigenvalue weighted by Gasteiger charge is -2.26. The average Bonchev–Trinajstić information content (AvgIpc) is 3.20. The molecule has 0 radical (unpaired) electrons. The molecule has 1 aromatic heterocycles. The number of aryl methyl sites for hydroxylation is 1. The number of thiazole rings is 1. The number of rotatable bonds is 5. The topological polar surface area (TPSA) is 79.4 Å². The summed E-state index contributed by atoms with van der Waals surface area (Å²) >= 11 is 1.59. The van der Waals surface area contributed by atoms with Crippen LogP contribution >= 0.6 is 11.3 Å². The van der Waals surface area contributed by atoms with Gasteiger partial charge in [-0.15, -0.1) is 11.3 Å². The van der Waals surface area contributed by atoms with E-state index in [2.05, 4.69) is 10.3 Å². The molecule has 1 aromatic carbocycles. The zero-order chi connectivity index (χ0) is 16.7. The minimum Gasteiger partial charge on any atom is -0.327 e. The van der Waals surface area contributed by atoms with Gasteiger partial charge < -0.3 is 4.90 Å². The molecule has 1 saturated heterocycles. The van der Waals surface area contributed by atoms with Gasteiger partial charge in [-0.2, -0.15) is 0 Å². The van der Waals surface area contributed by atoms with Gasteiger partial charge in [0.05, 0.1) is 21.6 Å². The molecule has 2 aliphatic rings. The Labute approximate surface area is 142 Å². The fourth-order valence-electron chi connectivity index (χ4n) is 3.12. The molecule has 1 atom stereocenters. The fourth-order valence-corrected chi connectivity index (χ4v) is 4.09. The highest BCUT2D eigenvalue weighted by molar-refractivity contribution is 7.18. The van der Waals surface area contributed by atoms with Crippen LogP contribution in [0.25, 0.3) is 10.2 Å². The maximum absolute atomic E-state index is 12.7. The Morgan fingerprint density at radius 3 is 2.75 bits per heavy atom. The summed E-state index contributed by atoms with van der Waals surface area (Å²) < 4.78 is 1.11. The van der Waals surface area contributed by atoms with Crippen LogP contribution in [0.1, 0.15) is 30.7 Å². The Balaban J connectivity index is 1.45. The maximum Gasteiger partial charge on any atom is 0.249 e. The molecule has 1 aliphatic carbocycles. The van der Waals surface area contributed by atoms with E-state index in [1.807, 2.05) is 24.3 Å². The molecular formula is C17H17N3O3S. The number of aromatic nitrogens is 1. The van der Waals surface area contributed by atoms with Crippen LogP contribution in [0.15, 0.2) is 24.3 Å². The Kier molecular flexibility index (Phi) is 3.80. The first-order valence-electron chi connectivity index (χ1n) is 8.11. The zero-order valence-corrected chi connectivity index (χ0v) is 13.8. The van der Waals surface area contributed by atoms with Crippen molar-refractivity contribution in [3.63, 3.8) is 0 Å². The highest BCUT2D eigenvalue weighted by Crippen LogP contribution is 2.32. The van der Waals surface area contributed by atoms with Crippen LogP contribution in [-0.2, 0) is 20.8 Å². The molecule has 1 saturated carbocycles. The average molecular weight is 343 g/mol. The number of fused-ring (bicyclic) bond motifs is 1. The van der Waals surface area contributed by atoms with E-state index in [0.29, 0.717) is 12.8 Å². The van der Waals surface area contributed by atoms with Gasteiger partial charge in [0.15, 0.2) is 0 Å². The van der Waals surface area contributed by atoms with Gasteiger partial charge in [0, 0.05) is 18.9 Å². The van der Waals surface area contributed by atoms with Crippen LogP contribution < -0.4 is 5.32 Å². The highest BCUT2D eigenvalue weighted by Gasteiger charge is 2.44. The summed E-state index contributed by atoms with van der Waals surface area (Å²) in [4.78, 5) is 42.2. The van der Waals surface area contributed by atoms with Gasteiger partial charge in [-0.1, -0.05) is 12.1 Å². The number of benzene rings is 1. The first-order valence-corrected chi connectivity index (χ1v) is 8.93. The van der Waals surface area contributed by atoms with Crippen molar-refractivity contribution in [3.05, 3.63) is 29.3 Å². The first kappa shape index (κ1) is 15.3. The first-order chi connectivity index (χ1) is 11.6. The van der Waals surface area contributed by atoms with Crippen LogP contribution in [0.5, 0.6) is 0 Å².